The van der Waals surface area contributed by atoms with Crippen molar-refractivity contribution in [1.29, 1.82) is 0 Å². The van der Waals surface area contributed by atoms with Crippen molar-refractivity contribution in [3.05, 3.63) is 58.5 Å². The second kappa shape index (κ2) is 5.23. The van der Waals surface area contributed by atoms with E-state index in [0.717, 1.165) is 35.2 Å². The summed E-state index contributed by atoms with van der Waals surface area (Å²) in [5, 5.41) is 9.39. The largest absolute Gasteiger partial charge is 0.361 e. The highest BCUT2D eigenvalue weighted by Crippen LogP contribution is 2.35. The molecule has 1 aromatic heterocycles. The summed E-state index contributed by atoms with van der Waals surface area (Å²) in [4.78, 5) is 12.4. The summed E-state index contributed by atoms with van der Waals surface area (Å²) in [6.07, 6.45) is 2.45. The number of benzene rings is 2. The fourth-order valence-corrected chi connectivity index (χ4v) is 3.47. The number of rotatable bonds is 3. The van der Waals surface area contributed by atoms with Gasteiger partial charge in [-0.05, 0) is 49.3 Å². The van der Waals surface area contributed by atoms with Gasteiger partial charge in [0.15, 0.2) is 0 Å². The Kier molecular flexibility index (Phi) is 3.18. The van der Waals surface area contributed by atoms with Crippen molar-refractivity contribution in [2.24, 2.45) is 0 Å². The van der Waals surface area contributed by atoms with E-state index in [2.05, 4.69) is 34.7 Å². The molecule has 23 heavy (non-hydrogen) atoms. The van der Waals surface area contributed by atoms with E-state index in [9.17, 15) is 4.79 Å². The standard InChI is InChI=1S/C19H18N2O2/c1-11-16(12(2)23-21-11)10-18(22)20-17-9-8-14-7-6-13-4-3-5-15(17)19(13)14/h3-5,8-9H,6-7,10H2,1-2H3,(H,20,22). The Bertz CT molecular complexity index is 895. The predicted octanol–water partition coefficient (Wildman–Crippen LogP) is 3.72. The quantitative estimate of drug-likeness (QED) is 0.802. The summed E-state index contributed by atoms with van der Waals surface area (Å²) < 4.78 is 5.13. The molecule has 1 heterocycles. The highest BCUT2D eigenvalue weighted by Gasteiger charge is 2.18. The third-order valence-corrected chi connectivity index (χ3v) is 4.67. The summed E-state index contributed by atoms with van der Waals surface area (Å²) in [5.74, 6) is 0.663. The van der Waals surface area contributed by atoms with Crippen LogP contribution in [0.25, 0.3) is 10.8 Å². The maximum Gasteiger partial charge on any atom is 0.229 e. The molecule has 3 aromatic rings. The molecule has 0 saturated heterocycles. The first kappa shape index (κ1) is 14.0. The van der Waals surface area contributed by atoms with Gasteiger partial charge in [0.25, 0.3) is 0 Å². The number of amides is 1. The van der Waals surface area contributed by atoms with Crippen molar-refractivity contribution >= 4 is 22.4 Å². The normalized spacial score (nSPS) is 12.8. The molecule has 116 valence electrons. The molecule has 2 aromatic carbocycles. The van der Waals surface area contributed by atoms with Crippen molar-refractivity contribution in [2.45, 2.75) is 33.1 Å². The fraction of sp³-hybridized carbons (Fsp3) is 0.263. The molecule has 1 amide bonds. The Hall–Kier alpha value is -2.62. The van der Waals surface area contributed by atoms with E-state index in [1.807, 2.05) is 19.9 Å². The highest BCUT2D eigenvalue weighted by molar-refractivity contribution is 6.05. The lowest BCUT2D eigenvalue weighted by Crippen LogP contribution is -2.15. The van der Waals surface area contributed by atoms with E-state index < -0.39 is 0 Å². The lowest BCUT2D eigenvalue weighted by Gasteiger charge is -2.10. The second-order valence-corrected chi connectivity index (χ2v) is 6.14. The zero-order valence-corrected chi connectivity index (χ0v) is 13.3. The Labute approximate surface area is 134 Å². The summed E-state index contributed by atoms with van der Waals surface area (Å²) in [5.41, 5.74) is 5.27. The van der Waals surface area contributed by atoms with Gasteiger partial charge in [0.1, 0.15) is 5.76 Å². The monoisotopic (exact) mass is 306 g/mol. The first-order chi connectivity index (χ1) is 11.1. The third kappa shape index (κ3) is 2.31. The average Bonchev–Trinajstić information content (AvgIpc) is 3.10. The lowest BCUT2D eigenvalue weighted by molar-refractivity contribution is -0.115. The summed E-state index contributed by atoms with van der Waals surface area (Å²) >= 11 is 0. The fourth-order valence-electron chi connectivity index (χ4n) is 3.47. The Morgan fingerprint density at radius 1 is 1.17 bits per heavy atom. The molecule has 0 radical (unpaired) electrons. The topological polar surface area (TPSA) is 55.1 Å². The molecule has 0 bridgehead atoms. The minimum absolute atomic E-state index is 0.0434. The van der Waals surface area contributed by atoms with Crippen LogP contribution < -0.4 is 5.32 Å². The van der Waals surface area contributed by atoms with E-state index in [-0.39, 0.29) is 12.3 Å². The number of anilines is 1. The summed E-state index contributed by atoms with van der Waals surface area (Å²) in [6, 6.07) is 10.5. The van der Waals surface area contributed by atoms with E-state index in [1.54, 1.807) is 0 Å². The second-order valence-electron chi connectivity index (χ2n) is 6.14. The van der Waals surface area contributed by atoms with Gasteiger partial charge in [0, 0.05) is 16.6 Å². The van der Waals surface area contributed by atoms with Crippen LogP contribution in [0.4, 0.5) is 5.69 Å². The number of carbonyl (C=O) groups is 1. The zero-order valence-electron chi connectivity index (χ0n) is 13.3. The number of hydrogen-bond donors (Lipinski definition) is 1. The smallest absolute Gasteiger partial charge is 0.229 e. The lowest BCUT2D eigenvalue weighted by atomic mass is 10.0. The third-order valence-electron chi connectivity index (χ3n) is 4.67. The number of nitrogens with one attached hydrogen (secondary N) is 1. The molecule has 0 atom stereocenters. The molecule has 1 aliphatic rings. The van der Waals surface area contributed by atoms with Crippen LogP contribution in [-0.2, 0) is 24.1 Å². The average molecular weight is 306 g/mol. The summed E-state index contributed by atoms with van der Waals surface area (Å²) in [7, 11) is 0. The SMILES string of the molecule is Cc1noc(C)c1CC(=O)Nc1ccc2c3c(cccc13)CC2. The van der Waals surface area contributed by atoms with Crippen LogP contribution in [0.5, 0.6) is 0 Å². The molecule has 0 unspecified atom stereocenters. The van der Waals surface area contributed by atoms with Gasteiger partial charge in [-0.3, -0.25) is 4.79 Å². The zero-order chi connectivity index (χ0) is 16.0. The van der Waals surface area contributed by atoms with Crippen molar-refractivity contribution < 1.29 is 9.32 Å². The van der Waals surface area contributed by atoms with E-state index in [4.69, 9.17) is 4.52 Å². The highest BCUT2D eigenvalue weighted by atomic mass is 16.5. The molecule has 1 aliphatic carbocycles. The van der Waals surface area contributed by atoms with Gasteiger partial charge in [-0.25, -0.2) is 0 Å². The molecule has 4 heteroatoms. The minimum atomic E-state index is -0.0434. The molecule has 0 saturated carbocycles. The van der Waals surface area contributed by atoms with Crippen molar-refractivity contribution in [3.8, 4) is 0 Å². The van der Waals surface area contributed by atoms with Crippen LogP contribution in [0.3, 0.4) is 0 Å². The Balaban J connectivity index is 1.65. The number of aromatic nitrogens is 1. The Morgan fingerprint density at radius 2 is 1.96 bits per heavy atom. The molecular formula is C19H18N2O2. The van der Waals surface area contributed by atoms with Crippen LogP contribution in [-0.4, -0.2) is 11.1 Å². The van der Waals surface area contributed by atoms with Crippen molar-refractivity contribution in [1.82, 2.24) is 5.16 Å². The van der Waals surface area contributed by atoms with E-state index in [1.165, 1.54) is 16.5 Å². The molecule has 0 aliphatic heterocycles. The summed E-state index contributed by atoms with van der Waals surface area (Å²) in [6.45, 7) is 3.69. The van der Waals surface area contributed by atoms with Crippen molar-refractivity contribution in [3.63, 3.8) is 0 Å². The molecule has 4 nitrogen and oxygen atoms in total. The molecule has 4 rings (SSSR count). The van der Waals surface area contributed by atoms with Gasteiger partial charge in [0.05, 0.1) is 12.1 Å². The first-order valence-corrected chi connectivity index (χ1v) is 7.88. The van der Waals surface area contributed by atoms with Gasteiger partial charge < -0.3 is 9.84 Å². The minimum Gasteiger partial charge on any atom is -0.361 e. The van der Waals surface area contributed by atoms with E-state index >= 15 is 0 Å². The van der Waals surface area contributed by atoms with Gasteiger partial charge in [-0.2, -0.15) is 0 Å². The number of nitrogens with zero attached hydrogens (tertiary/aromatic N) is 1. The molecular weight excluding hydrogens is 288 g/mol. The predicted molar refractivity (Wildman–Crippen MR) is 89.7 cm³/mol. The maximum atomic E-state index is 12.4. The van der Waals surface area contributed by atoms with Crippen LogP contribution in [0.1, 0.15) is 28.1 Å². The van der Waals surface area contributed by atoms with Crippen molar-refractivity contribution in [2.75, 3.05) is 5.32 Å². The van der Waals surface area contributed by atoms with Crippen LogP contribution >= 0.6 is 0 Å². The Morgan fingerprint density at radius 3 is 2.70 bits per heavy atom. The van der Waals surface area contributed by atoms with Gasteiger partial charge in [-0.15, -0.1) is 0 Å². The van der Waals surface area contributed by atoms with Gasteiger partial charge in [-0.1, -0.05) is 29.4 Å². The van der Waals surface area contributed by atoms with Gasteiger partial charge >= 0.3 is 0 Å². The maximum absolute atomic E-state index is 12.4. The first-order valence-electron chi connectivity index (χ1n) is 7.88. The van der Waals surface area contributed by atoms with Crippen LogP contribution in [0.15, 0.2) is 34.9 Å². The van der Waals surface area contributed by atoms with E-state index in [0.29, 0.717) is 5.76 Å². The van der Waals surface area contributed by atoms with Crippen LogP contribution in [0, 0.1) is 13.8 Å². The molecule has 1 N–H and O–H groups in total. The van der Waals surface area contributed by atoms with Gasteiger partial charge in [0.2, 0.25) is 5.91 Å². The van der Waals surface area contributed by atoms with Crippen LogP contribution in [0.2, 0.25) is 0 Å². The number of aryl methyl sites for hydroxylation is 4. The molecule has 0 spiro atoms. The molecule has 0 fully saturated rings. The number of carbonyl (C=O) groups excluding carboxylic acids is 1. The number of hydrogen-bond acceptors (Lipinski definition) is 3.